The summed E-state index contributed by atoms with van der Waals surface area (Å²) in [5.41, 5.74) is 1.87. The molecule has 0 fully saturated rings. The largest absolute Gasteiger partial charge is 0.478 e. The molecular formula is C15H11FN2O2. The highest BCUT2D eigenvalue weighted by Crippen LogP contribution is 2.17. The van der Waals surface area contributed by atoms with Crippen LogP contribution in [0.3, 0.4) is 0 Å². The number of hydrogen-bond acceptors (Lipinski definition) is 2. The van der Waals surface area contributed by atoms with Gasteiger partial charge in [-0.1, -0.05) is 18.2 Å². The number of fused-ring (bicyclic) bond motifs is 1. The maximum absolute atomic E-state index is 12.9. The predicted octanol–water partition coefficient (Wildman–Crippen LogP) is 2.92. The van der Waals surface area contributed by atoms with E-state index in [1.807, 2.05) is 0 Å². The summed E-state index contributed by atoms with van der Waals surface area (Å²) < 4.78 is 14.6. The first kappa shape index (κ1) is 12.3. The Kier molecular flexibility index (Phi) is 2.95. The summed E-state index contributed by atoms with van der Waals surface area (Å²) >= 11 is 0. The summed E-state index contributed by atoms with van der Waals surface area (Å²) in [5, 5.41) is 14.1. The Labute approximate surface area is 114 Å². The number of hydrogen-bond donors (Lipinski definition) is 1. The zero-order chi connectivity index (χ0) is 14.1. The Morgan fingerprint density at radius 3 is 2.65 bits per heavy atom. The van der Waals surface area contributed by atoms with Gasteiger partial charge in [0.2, 0.25) is 0 Å². The molecule has 4 nitrogen and oxygen atoms in total. The highest BCUT2D eigenvalue weighted by Gasteiger charge is 2.08. The molecular weight excluding hydrogens is 259 g/mol. The molecule has 0 aliphatic rings. The van der Waals surface area contributed by atoms with Crippen molar-refractivity contribution in [3.05, 3.63) is 65.6 Å². The number of aromatic carboxylic acids is 1. The number of carboxylic acid groups (broad SMARTS) is 1. The van der Waals surface area contributed by atoms with Gasteiger partial charge in [-0.3, -0.25) is 4.68 Å². The highest BCUT2D eigenvalue weighted by atomic mass is 19.1. The number of benzene rings is 2. The van der Waals surface area contributed by atoms with Gasteiger partial charge in [0.15, 0.2) is 0 Å². The fourth-order valence-corrected chi connectivity index (χ4v) is 2.09. The molecule has 20 heavy (non-hydrogen) atoms. The van der Waals surface area contributed by atoms with E-state index in [-0.39, 0.29) is 11.4 Å². The Morgan fingerprint density at radius 2 is 1.95 bits per heavy atom. The molecule has 0 aliphatic carbocycles. The van der Waals surface area contributed by atoms with Crippen LogP contribution in [0.25, 0.3) is 10.9 Å². The normalized spacial score (nSPS) is 10.8. The molecule has 3 rings (SSSR count). The Morgan fingerprint density at radius 1 is 1.20 bits per heavy atom. The van der Waals surface area contributed by atoms with Crippen molar-refractivity contribution in [3.63, 3.8) is 0 Å². The minimum Gasteiger partial charge on any atom is -0.478 e. The summed E-state index contributed by atoms with van der Waals surface area (Å²) in [6.45, 7) is 0.465. The average molecular weight is 270 g/mol. The number of carbonyl (C=O) groups is 1. The Hall–Kier alpha value is -2.69. The minimum absolute atomic E-state index is 0.221. The molecule has 1 N–H and O–H groups in total. The predicted molar refractivity (Wildman–Crippen MR) is 72.2 cm³/mol. The smallest absolute Gasteiger partial charge is 0.335 e. The van der Waals surface area contributed by atoms with E-state index in [1.165, 1.54) is 12.1 Å². The van der Waals surface area contributed by atoms with Crippen LogP contribution < -0.4 is 0 Å². The molecule has 3 aromatic rings. The monoisotopic (exact) mass is 270 g/mol. The van der Waals surface area contributed by atoms with Crippen LogP contribution in [0.4, 0.5) is 4.39 Å². The van der Waals surface area contributed by atoms with Crippen LogP contribution in [0, 0.1) is 5.82 Å². The van der Waals surface area contributed by atoms with Gasteiger partial charge in [0.05, 0.1) is 23.8 Å². The van der Waals surface area contributed by atoms with Crippen LogP contribution in [-0.4, -0.2) is 20.9 Å². The van der Waals surface area contributed by atoms with Gasteiger partial charge in [-0.15, -0.1) is 0 Å². The van der Waals surface area contributed by atoms with E-state index in [0.717, 1.165) is 16.5 Å². The van der Waals surface area contributed by atoms with Crippen LogP contribution in [0.1, 0.15) is 15.9 Å². The second-order valence-electron chi connectivity index (χ2n) is 4.51. The van der Waals surface area contributed by atoms with E-state index >= 15 is 0 Å². The lowest BCUT2D eigenvalue weighted by Crippen LogP contribution is -2.02. The first-order chi connectivity index (χ1) is 9.63. The maximum atomic E-state index is 12.9. The molecule has 5 heteroatoms. The topological polar surface area (TPSA) is 55.1 Å². The molecule has 0 bridgehead atoms. The molecule has 0 atom stereocenters. The lowest BCUT2D eigenvalue weighted by Gasteiger charge is -2.04. The quantitative estimate of drug-likeness (QED) is 0.796. The lowest BCUT2D eigenvalue weighted by atomic mass is 10.1. The van der Waals surface area contributed by atoms with Crippen LogP contribution in [0.2, 0.25) is 0 Å². The van der Waals surface area contributed by atoms with Crippen molar-refractivity contribution in [1.29, 1.82) is 0 Å². The van der Waals surface area contributed by atoms with Crippen molar-refractivity contribution in [2.75, 3.05) is 0 Å². The van der Waals surface area contributed by atoms with Gasteiger partial charge in [0.25, 0.3) is 0 Å². The summed E-state index contributed by atoms with van der Waals surface area (Å²) in [7, 11) is 0. The zero-order valence-corrected chi connectivity index (χ0v) is 10.5. The van der Waals surface area contributed by atoms with Crippen molar-refractivity contribution >= 4 is 16.9 Å². The molecule has 1 heterocycles. The number of rotatable bonds is 3. The summed E-state index contributed by atoms with van der Waals surface area (Å²) in [6.07, 6.45) is 1.69. The third-order valence-corrected chi connectivity index (χ3v) is 3.14. The van der Waals surface area contributed by atoms with Crippen LogP contribution in [0.5, 0.6) is 0 Å². The van der Waals surface area contributed by atoms with Crippen molar-refractivity contribution < 1.29 is 14.3 Å². The molecule has 0 amide bonds. The molecule has 100 valence electrons. The first-order valence-corrected chi connectivity index (χ1v) is 6.07. The Balaban J connectivity index is 2.00. The van der Waals surface area contributed by atoms with Crippen LogP contribution >= 0.6 is 0 Å². The van der Waals surface area contributed by atoms with E-state index in [0.29, 0.717) is 6.54 Å². The summed E-state index contributed by atoms with van der Waals surface area (Å²) in [5.74, 6) is -1.26. The van der Waals surface area contributed by atoms with Gasteiger partial charge >= 0.3 is 5.97 Å². The number of carboxylic acids is 1. The third kappa shape index (κ3) is 2.25. The molecule has 2 aromatic carbocycles. The zero-order valence-electron chi connectivity index (χ0n) is 10.5. The van der Waals surface area contributed by atoms with Gasteiger partial charge in [-0.25, -0.2) is 9.18 Å². The van der Waals surface area contributed by atoms with E-state index in [1.54, 1.807) is 41.2 Å². The van der Waals surface area contributed by atoms with Gasteiger partial charge in [-0.2, -0.15) is 5.10 Å². The standard InChI is InChI=1S/C15H11FN2O2/c16-13-5-1-10(2-6-13)9-18-14-7-11(15(19)20)3-4-12(14)8-17-18/h1-8H,9H2,(H,19,20). The molecule has 0 saturated heterocycles. The second-order valence-corrected chi connectivity index (χ2v) is 4.51. The van der Waals surface area contributed by atoms with Gasteiger partial charge < -0.3 is 5.11 Å². The van der Waals surface area contributed by atoms with Crippen molar-refractivity contribution in [2.24, 2.45) is 0 Å². The van der Waals surface area contributed by atoms with Crippen molar-refractivity contribution in [1.82, 2.24) is 9.78 Å². The number of nitrogens with zero attached hydrogens (tertiary/aromatic N) is 2. The van der Waals surface area contributed by atoms with E-state index in [9.17, 15) is 9.18 Å². The average Bonchev–Trinajstić information content (AvgIpc) is 2.84. The van der Waals surface area contributed by atoms with Crippen LogP contribution in [0.15, 0.2) is 48.7 Å². The van der Waals surface area contributed by atoms with E-state index < -0.39 is 5.97 Å². The lowest BCUT2D eigenvalue weighted by molar-refractivity contribution is 0.0697. The van der Waals surface area contributed by atoms with Crippen LogP contribution in [-0.2, 0) is 6.54 Å². The van der Waals surface area contributed by atoms with Crippen molar-refractivity contribution in [2.45, 2.75) is 6.54 Å². The Bertz CT molecular complexity index is 778. The highest BCUT2D eigenvalue weighted by molar-refractivity contribution is 5.93. The molecule has 1 aromatic heterocycles. The van der Waals surface area contributed by atoms with Crippen molar-refractivity contribution in [3.8, 4) is 0 Å². The SMILES string of the molecule is O=C(O)c1ccc2cnn(Cc3ccc(F)cc3)c2c1. The van der Waals surface area contributed by atoms with E-state index in [4.69, 9.17) is 5.11 Å². The third-order valence-electron chi connectivity index (χ3n) is 3.14. The number of halogens is 1. The maximum Gasteiger partial charge on any atom is 0.335 e. The molecule has 0 unspecified atom stereocenters. The molecule has 0 spiro atoms. The number of aromatic nitrogens is 2. The summed E-state index contributed by atoms with van der Waals surface area (Å²) in [4.78, 5) is 11.0. The molecule has 0 radical (unpaired) electrons. The van der Waals surface area contributed by atoms with Gasteiger partial charge in [0.1, 0.15) is 5.82 Å². The van der Waals surface area contributed by atoms with Gasteiger partial charge in [0, 0.05) is 5.39 Å². The fraction of sp³-hybridized carbons (Fsp3) is 0.0667. The summed E-state index contributed by atoms with van der Waals surface area (Å²) in [6, 6.07) is 11.0. The molecule has 0 aliphatic heterocycles. The molecule has 0 saturated carbocycles. The van der Waals surface area contributed by atoms with E-state index in [2.05, 4.69) is 5.10 Å². The first-order valence-electron chi connectivity index (χ1n) is 6.07. The van der Waals surface area contributed by atoms with Gasteiger partial charge in [-0.05, 0) is 29.8 Å². The minimum atomic E-state index is -0.971. The second kappa shape index (κ2) is 4.77. The fourth-order valence-electron chi connectivity index (χ4n) is 2.09.